The summed E-state index contributed by atoms with van der Waals surface area (Å²) in [7, 11) is 0. The Balaban J connectivity index is 1.67. The number of nitrogens with zero attached hydrogens (tertiary/aromatic N) is 2. The minimum atomic E-state index is -0.292. The predicted molar refractivity (Wildman–Crippen MR) is 94.2 cm³/mol. The molecule has 6 heteroatoms. The number of hydrogen-bond acceptors (Lipinski definition) is 5. The molecule has 4 rings (SSSR count). The second-order valence-corrected chi connectivity index (χ2v) is 6.24. The predicted octanol–water partition coefficient (Wildman–Crippen LogP) is 4.95. The van der Waals surface area contributed by atoms with Gasteiger partial charge in [0.2, 0.25) is 5.13 Å². The fraction of sp³-hybridized carbons (Fsp3) is 0. The highest BCUT2D eigenvalue weighted by molar-refractivity contribution is 7.18. The number of fused-ring (bicyclic) bond motifs is 1. The van der Waals surface area contributed by atoms with Gasteiger partial charge in [-0.25, -0.2) is 4.39 Å². The van der Waals surface area contributed by atoms with Crippen molar-refractivity contribution in [2.24, 2.45) is 0 Å². The number of anilines is 2. The first-order valence-electron chi connectivity index (χ1n) is 7.27. The van der Waals surface area contributed by atoms with Crippen LogP contribution in [-0.4, -0.2) is 15.3 Å². The van der Waals surface area contributed by atoms with Crippen LogP contribution < -0.4 is 5.32 Å². The summed E-state index contributed by atoms with van der Waals surface area (Å²) in [5.41, 5.74) is 1.36. The molecule has 2 N–H and O–H groups in total. The molecule has 4 aromatic rings. The highest BCUT2D eigenvalue weighted by Gasteiger charge is 2.12. The Hall–Kier alpha value is -2.99. The molecule has 1 aromatic heterocycles. The average Bonchev–Trinajstić information content (AvgIpc) is 3.04. The molecule has 0 saturated carbocycles. The Kier molecular flexibility index (Phi) is 3.59. The van der Waals surface area contributed by atoms with Gasteiger partial charge in [-0.1, -0.05) is 35.6 Å². The monoisotopic (exact) mass is 337 g/mol. The van der Waals surface area contributed by atoms with E-state index in [0.717, 1.165) is 16.5 Å². The van der Waals surface area contributed by atoms with E-state index in [1.165, 1.54) is 23.5 Å². The normalized spacial score (nSPS) is 10.9. The van der Waals surface area contributed by atoms with Crippen molar-refractivity contribution in [2.45, 2.75) is 0 Å². The topological polar surface area (TPSA) is 58.0 Å². The van der Waals surface area contributed by atoms with Crippen LogP contribution in [0.2, 0.25) is 0 Å². The molecule has 1 heterocycles. The number of aromatic hydroxyl groups is 1. The lowest BCUT2D eigenvalue weighted by Crippen LogP contribution is -1.89. The van der Waals surface area contributed by atoms with Crippen LogP contribution in [0.3, 0.4) is 0 Å². The maximum Gasteiger partial charge on any atom is 0.210 e. The number of phenols is 1. The van der Waals surface area contributed by atoms with Crippen LogP contribution in [0.5, 0.6) is 5.75 Å². The summed E-state index contributed by atoms with van der Waals surface area (Å²) in [6.45, 7) is 0. The molecule has 0 unspecified atom stereocenters. The maximum absolute atomic E-state index is 12.9. The lowest BCUT2D eigenvalue weighted by atomic mass is 10.1. The fourth-order valence-corrected chi connectivity index (χ4v) is 3.23. The van der Waals surface area contributed by atoms with E-state index < -0.39 is 0 Å². The molecule has 0 aliphatic carbocycles. The Morgan fingerprint density at radius 1 is 0.917 bits per heavy atom. The number of benzene rings is 3. The summed E-state index contributed by atoms with van der Waals surface area (Å²) in [6, 6.07) is 17.4. The number of halogens is 1. The van der Waals surface area contributed by atoms with Gasteiger partial charge in [0, 0.05) is 5.69 Å². The van der Waals surface area contributed by atoms with Crippen LogP contribution in [-0.2, 0) is 0 Å². The molecule has 0 aliphatic rings. The van der Waals surface area contributed by atoms with Gasteiger partial charge in [0.1, 0.15) is 11.6 Å². The van der Waals surface area contributed by atoms with Gasteiger partial charge in [0.25, 0.3) is 0 Å². The van der Waals surface area contributed by atoms with Crippen LogP contribution in [0.15, 0.2) is 60.7 Å². The fourth-order valence-electron chi connectivity index (χ4n) is 2.44. The minimum absolute atomic E-state index is 0.165. The van der Waals surface area contributed by atoms with Gasteiger partial charge in [-0.05, 0) is 47.2 Å². The van der Waals surface area contributed by atoms with E-state index in [2.05, 4.69) is 15.5 Å². The smallest absolute Gasteiger partial charge is 0.210 e. The van der Waals surface area contributed by atoms with Gasteiger partial charge in [0.15, 0.2) is 5.01 Å². The molecule has 0 bridgehead atoms. The molecule has 0 aliphatic heterocycles. The molecule has 118 valence electrons. The third-order valence-corrected chi connectivity index (χ3v) is 4.49. The molecule has 0 atom stereocenters. The Bertz CT molecular complexity index is 1010. The van der Waals surface area contributed by atoms with Crippen molar-refractivity contribution in [3.8, 4) is 16.3 Å². The Labute approximate surface area is 141 Å². The zero-order valence-electron chi connectivity index (χ0n) is 12.4. The highest BCUT2D eigenvalue weighted by Crippen LogP contribution is 2.36. The van der Waals surface area contributed by atoms with Gasteiger partial charge in [-0.3, -0.25) is 0 Å². The number of aromatic nitrogens is 2. The van der Waals surface area contributed by atoms with Gasteiger partial charge in [0.05, 0.1) is 5.56 Å². The van der Waals surface area contributed by atoms with E-state index in [-0.39, 0.29) is 11.6 Å². The Morgan fingerprint density at radius 3 is 2.38 bits per heavy atom. The van der Waals surface area contributed by atoms with E-state index in [0.29, 0.717) is 15.7 Å². The summed E-state index contributed by atoms with van der Waals surface area (Å²) in [5, 5.41) is 24.7. The second kappa shape index (κ2) is 5.90. The van der Waals surface area contributed by atoms with E-state index in [9.17, 15) is 9.50 Å². The van der Waals surface area contributed by atoms with Crippen molar-refractivity contribution >= 4 is 32.9 Å². The van der Waals surface area contributed by atoms with Crippen molar-refractivity contribution in [1.82, 2.24) is 10.2 Å². The van der Waals surface area contributed by atoms with E-state index in [1.54, 1.807) is 18.2 Å². The molecular formula is C18H12FN3OS. The van der Waals surface area contributed by atoms with Gasteiger partial charge < -0.3 is 10.4 Å². The van der Waals surface area contributed by atoms with Crippen LogP contribution in [0, 0.1) is 5.82 Å². The van der Waals surface area contributed by atoms with Crippen molar-refractivity contribution in [1.29, 1.82) is 0 Å². The van der Waals surface area contributed by atoms with E-state index in [1.807, 2.05) is 30.3 Å². The first kappa shape index (κ1) is 14.6. The van der Waals surface area contributed by atoms with Crippen LogP contribution in [0.4, 0.5) is 15.2 Å². The zero-order valence-corrected chi connectivity index (χ0v) is 13.2. The summed E-state index contributed by atoms with van der Waals surface area (Å²) in [5.74, 6) is -0.127. The number of rotatable bonds is 3. The van der Waals surface area contributed by atoms with Gasteiger partial charge in [-0.15, -0.1) is 10.2 Å². The first-order valence-corrected chi connectivity index (χ1v) is 8.09. The lowest BCUT2D eigenvalue weighted by Gasteiger charge is -2.04. The van der Waals surface area contributed by atoms with Crippen molar-refractivity contribution in [3.63, 3.8) is 0 Å². The standard InChI is InChI=1S/C18H12FN3OS/c19-13-5-7-14(8-6-13)20-18-22-21-17(24-18)15-9-11-3-1-2-4-12(11)10-16(15)23/h1-10,23H,(H,20,22). The molecule has 0 radical (unpaired) electrons. The van der Waals surface area contributed by atoms with Gasteiger partial charge in [-0.2, -0.15) is 0 Å². The third-order valence-electron chi connectivity index (χ3n) is 3.61. The quantitative estimate of drug-likeness (QED) is 0.555. The molecule has 4 nitrogen and oxygen atoms in total. The highest BCUT2D eigenvalue weighted by atomic mass is 32.1. The molecule has 0 fully saturated rings. The molecule has 0 spiro atoms. The average molecular weight is 337 g/mol. The minimum Gasteiger partial charge on any atom is -0.507 e. The van der Waals surface area contributed by atoms with E-state index >= 15 is 0 Å². The summed E-state index contributed by atoms with van der Waals surface area (Å²) in [4.78, 5) is 0. The molecule has 0 amide bonds. The molecular weight excluding hydrogens is 325 g/mol. The number of hydrogen-bond donors (Lipinski definition) is 2. The third kappa shape index (κ3) is 2.79. The Morgan fingerprint density at radius 2 is 1.62 bits per heavy atom. The van der Waals surface area contributed by atoms with Crippen molar-refractivity contribution in [3.05, 3.63) is 66.5 Å². The van der Waals surface area contributed by atoms with Crippen molar-refractivity contribution < 1.29 is 9.50 Å². The first-order chi connectivity index (χ1) is 11.7. The van der Waals surface area contributed by atoms with Crippen LogP contribution in [0.25, 0.3) is 21.3 Å². The lowest BCUT2D eigenvalue weighted by molar-refractivity contribution is 0.478. The number of nitrogens with one attached hydrogen (secondary N) is 1. The number of phenolic OH excluding ortho intramolecular Hbond substituents is 1. The molecule has 24 heavy (non-hydrogen) atoms. The van der Waals surface area contributed by atoms with Crippen LogP contribution in [0.1, 0.15) is 0 Å². The summed E-state index contributed by atoms with van der Waals surface area (Å²) >= 11 is 1.32. The second-order valence-electron chi connectivity index (χ2n) is 5.26. The van der Waals surface area contributed by atoms with Gasteiger partial charge >= 0.3 is 0 Å². The molecule has 3 aromatic carbocycles. The summed E-state index contributed by atoms with van der Waals surface area (Å²) < 4.78 is 12.9. The van der Waals surface area contributed by atoms with E-state index in [4.69, 9.17) is 0 Å². The largest absolute Gasteiger partial charge is 0.507 e. The maximum atomic E-state index is 12.9. The molecule has 0 saturated heterocycles. The van der Waals surface area contributed by atoms with Crippen molar-refractivity contribution in [2.75, 3.05) is 5.32 Å². The SMILES string of the molecule is Oc1cc2ccccc2cc1-c1nnc(Nc2ccc(F)cc2)s1. The zero-order chi connectivity index (χ0) is 16.5. The van der Waals surface area contributed by atoms with Crippen LogP contribution >= 0.6 is 11.3 Å². The summed E-state index contributed by atoms with van der Waals surface area (Å²) in [6.07, 6.45) is 0.